The van der Waals surface area contributed by atoms with Gasteiger partial charge in [-0.05, 0) is 129 Å². The van der Waals surface area contributed by atoms with Crippen molar-refractivity contribution >= 4 is 64.4 Å². The van der Waals surface area contributed by atoms with E-state index in [0.717, 1.165) is 33.9 Å². The van der Waals surface area contributed by atoms with Crippen molar-refractivity contribution in [3.05, 3.63) is 149 Å². The van der Waals surface area contributed by atoms with Gasteiger partial charge in [0.15, 0.2) is 0 Å². The van der Waals surface area contributed by atoms with Gasteiger partial charge in [0.25, 0.3) is 0 Å². The van der Waals surface area contributed by atoms with Gasteiger partial charge in [-0.3, -0.25) is 0 Å². The molecule has 13 heteroatoms. The van der Waals surface area contributed by atoms with Crippen LogP contribution in [0.1, 0.15) is 28.3 Å². The molecule has 0 unspecified atom stereocenters. The first-order chi connectivity index (χ1) is 31.2. The van der Waals surface area contributed by atoms with E-state index in [9.17, 15) is 19.8 Å². The standard InChI is InChI=1S/C52H40N4O8.Zn/c1-61-34-13-5-29(6-14-34)46-39-21-22-40(53-39)47(30-7-15-35(62-2)16-8-30)42-25-26-44(55-42)49(32-11-19-37(64-4)20-12-32)50-33(27-38(51(57)58)52(59)60)28-45(56-50)48(43-24-23-41(46)54-43)31-9-17-36(63-3)18-10-31;/h5-28H,1-4H3,(H4,53,54,55,56,57,58,59,60);/q;+2/p-2. The number of ether oxygens (including phenoxy) is 4. The Kier molecular flexibility index (Phi) is 12.3. The molecule has 2 aliphatic rings. The van der Waals surface area contributed by atoms with Crippen molar-refractivity contribution in [3.8, 4) is 67.5 Å². The van der Waals surface area contributed by atoms with E-state index in [4.69, 9.17) is 38.9 Å². The zero-order valence-corrected chi connectivity index (χ0v) is 38.7. The van der Waals surface area contributed by atoms with Gasteiger partial charge in [0.2, 0.25) is 0 Å². The van der Waals surface area contributed by atoms with Crippen LogP contribution in [0.3, 0.4) is 0 Å². The Labute approximate surface area is 386 Å². The van der Waals surface area contributed by atoms with E-state index >= 15 is 0 Å². The second-order valence-electron chi connectivity index (χ2n) is 14.7. The van der Waals surface area contributed by atoms with Gasteiger partial charge in [0, 0.05) is 0 Å². The number of methoxy groups -OCH3 is 4. The normalized spacial score (nSPS) is 11.4. The Morgan fingerprint density at radius 1 is 0.462 bits per heavy atom. The average Bonchev–Trinajstić information content (AvgIpc) is 4.17. The first kappa shape index (κ1) is 43.6. The molecule has 5 heterocycles. The van der Waals surface area contributed by atoms with Crippen LogP contribution in [0.2, 0.25) is 0 Å². The number of fused-ring (bicyclic) bond motifs is 8. The Morgan fingerprint density at radius 3 is 1.12 bits per heavy atom. The van der Waals surface area contributed by atoms with Gasteiger partial charge in [-0.15, -0.1) is 22.1 Å². The fourth-order valence-corrected chi connectivity index (χ4v) is 7.88. The number of rotatable bonds is 11. The third-order valence-corrected chi connectivity index (χ3v) is 11.0. The number of carbonyl (C=O) groups is 2. The molecule has 3 aromatic heterocycles. The third-order valence-electron chi connectivity index (χ3n) is 11.0. The Bertz CT molecular complexity index is 3220. The fraction of sp³-hybridized carbons (Fsp3) is 0.0769. The first-order valence-corrected chi connectivity index (χ1v) is 20.0. The van der Waals surface area contributed by atoms with Crippen LogP contribution < -0.4 is 28.9 Å². The van der Waals surface area contributed by atoms with Gasteiger partial charge in [0.05, 0.1) is 51.2 Å². The maximum atomic E-state index is 12.5. The number of benzene rings is 4. The molecule has 0 atom stereocenters. The molecule has 65 heavy (non-hydrogen) atoms. The van der Waals surface area contributed by atoms with Gasteiger partial charge < -0.3 is 39.1 Å². The van der Waals surface area contributed by atoms with Crippen LogP contribution in [-0.4, -0.2) is 60.6 Å². The molecule has 4 aromatic carbocycles. The zero-order chi connectivity index (χ0) is 44.5. The molecule has 0 aliphatic carbocycles. The second kappa shape index (κ2) is 18.4. The molecule has 7 aromatic rings. The third kappa shape index (κ3) is 8.45. The molecule has 8 bridgehead atoms. The van der Waals surface area contributed by atoms with Gasteiger partial charge in [-0.25, -0.2) is 19.6 Å². The van der Waals surface area contributed by atoms with E-state index in [-0.39, 0.29) is 25.0 Å². The summed E-state index contributed by atoms with van der Waals surface area (Å²) in [6.45, 7) is 0. The van der Waals surface area contributed by atoms with E-state index in [1.165, 1.54) is 0 Å². The molecule has 0 saturated heterocycles. The summed E-state index contributed by atoms with van der Waals surface area (Å²) in [5.74, 6) is -0.606. The summed E-state index contributed by atoms with van der Waals surface area (Å²) in [5, 5.41) is 20.3. The first-order valence-electron chi connectivity index (χ1n) is 20.0. The molecule has 0 fully saturated rings. The number of hydrogen-bond acceptors (Lipinski definition) is 8. The Morgan fingerprint density at radius 2 is 0.785 bits per heavy atom. The smallest absolute Gasteiger partial charge is 0.657 e. The summed E-state index contributed by atoms with van der Waals surface area (Å²) in [4.78, 5) is 46.1. The van der Waals surface area contributed by atoms with E-state index < -0.39 is 17.5 Å². The molecule has 9 rings (SSSR count). The molecule has 0 amide bonds. The minimum atomic E-state index is -1.61. The van der Waals surface area contributed by atoms with Crippen molar-refractivity contribution < 1.29 is 58.2 Å². The minimum Gasteiger partial charge on any atom is -0.657 e. The molecule has 0 radical (unpaired) electrons. The molecular weight excluding hydrogens is 874 g/mol. The zero-order valence-electron chi connectivity index (χ0n) is 35.7. The van der Waals surface area contributed by atoms with Crippen LogP contribution in [0.25, 0.3) is 97.0 Å². The minimum absolute atomic E-state index is 0. The van der Waals surface area contributed by atoms with Crippen LogP contribution in [0.15, 0.2) is 121 Å². The van der Waals surface area contributed by atoms with Crippen LogP contribution >= 0.6 is 0 Å². The van der Waals surface area contributed by atoms with Crippen molar-refractivity contribution in [2.75, 3.05) is 28.4 Å². The molecule has 0 saturated carbocycles. The number of nitrogens with zero attached hydrogens (tertiary/aromatic N) is 4. The number of aromatic nitrogens is 4. The van der Waals surface area contributed by atoms with Gasteiger partial charge in [-0.2, -0.15) is 0 Å². The van der Waals surface area contributed by atoms with E-state index in [1.54, 1.807) is 46.6 Å². The van der Waals surface area contributed by atoms with E-state index in [1.807, 2.05) is 121 Å². The number of carboxylic acid groups (broad SMARTS) is 2. The molecule has 0 spiro atoms. The molecule has 2 aliphatic heterocycles. The summed E-state index contributed by atoms with van der Waals surface area (Å²) >= 11 is 0. The monoisotopic (exact) mass is 910 g/mol. The van der Waals surface area contributed by atoms with Crippen LogP contribution in [0.5, 0.6) is 23.0 Å². The molecular formula is C52H38N4O8Zn. The van der Waals surface area contributed by atoms with E-state index in [0.29, 0.717) is 84.5 Å². The van der Waals surface area contributed by atoms with E-state index in [2.05, 4.69) is 0 Å². The maximum Gasteiger partial charge on any atom is 2.00 e. The van der Waals surface area contributed by atoms with Crippen molar-refractivity contribution in [2.24, 2.45) is 0 Å². The largest absolute Gasteiger partial charge is 2.00 e. The van der Waals surface area contributed by atoms with Crippen molar-refractivity contribution in [1.82, 2.24) is 19.9 Å². The van der Waals surface area contributed by atoms with Crippen molar-refractivity contribution in [3.63, 3.8) is 0 Å². The van der Waals surface area contributed by atoms with Gasteiger partial charge in [0.1, 0.15) is 28.6 Å². The van der Waals surface area contributed by atoms with Crippen LogP contribution in [0, 0.1) is 0 Å². The molecule has 12 nitrogen and oxygen atoms in total. The summed E-state index contributed by atoms with van der Waals surface area (Å²) in [6, 6.07) is 35.7. The number of hydrogen-bond donors (Lipinski definition) is 2. The predicted octanol–water partition coefficient (Wildman–Crippen LogP) is 10.2. The SMILES string of the molecule is COc1ccc(-c2c3nc(c(-c4ccc(OC)cc4)c4cc(C=C(C(=O)O)C(=O)O)c([n-]4)c(-c4ccc(OC)cc4)c4nc(c(-c5ccc(OC)cc5)c5ccc2[n-]5)C=C4)C=C3)cc1.[Zn+2]. The summed E-state index contributed by atoms with van der Waals surface area (Å²) in [6.07, 6.45) is 8.73. The fourth-order valence-electron chi connectivity index (χ4n) is 7.88. The molecule has 316 valence electrons. The topological polar surface area (TPSA) is 166 Å². The summed E-state index contributed by atoms with van der Waals surface area (Å²) in [5.41, 5.74) is 9.31. The number of carboxylic acids is 2. The quantitative estimate of drug-likeness (QED) is 0.0547. The molecule has 2 N–H and O–H groups in total. The number of aliphatic carboxylic acids is 2. The predicted molar refractivity (Wildman–Crippen MR) is 248 cm³/mol. The average molecular weight is 912 g/mol. The summed E-state index contributed by atoms with van der Waals surface area (Å²) in [7, 11) is 6.39. The van der Waals surface area contributed by atoms with Crippen molar-refractivity contribution in [2.45, 2.75) is 0 Å². The van der Waals surface area contributed by atoms with Crippen LogP contribution in [-0.2, 0) is 29.1 Å². The van der Waals surface area contributed by atoms with Gasteiger partial charge in [-0.1, -0.05) is 66.7 Å². The Balaban J connectivity index is 0.00000576. The Hall–Kier alpha value is -8.02. The maximum absolute atomic E-state index is 12.5. The summed E-state index contributed by atoms with van der Waals surface area (Å²) < 4.78 is 22.0. The van der Waals surface area contributed by atoms with Gasteiger partial charge >= 0.3 is 31.4 Å². The second-order valence-corrected chi connectivity index (χ2v) is 14.7. The van der Waals surface area contributed by atoms with Crippen molar-refractivity contribution in [1.29, 1.82) is 0 Å². The van der Waals surface area contributed by atoms with Crippen LogP contribution in [0.4, 0.5) is 0 Å².